The molecule has 2 nitrogen and oxygen atoms in total. The molecule has 0 fully saturated rings. The summed E-state index contributed by atoms with van der Waals surface area (Å²) in [5.41, 5.74) is 0.834. The Kier molecular flexibility index (Phi) is 1.70. The average molecular weight is 183 g/mol. The molecule has 0 aromatic heterocycles. The van der Waals surface area contributed by atoms with Crippen LogP contribution in [0.5, 0.6) is 11.5 Å². The van der Waals surface area contributed by atoms with E-state index in [2.05, 4.69) is 0 Å². The largest absolute Gasteiger partial charge is 0.508 e. The second kappa shape index (κ2) is 2.72. The first-order valence-electron chi connectivity index (χ1n) is 3.59. The molecule has 0 bridgehead atoms. The van der Waals surface area contributed by atoms with Crippen molar-refractivity contribution in [2.45, 2.75) is 0 Å². The third-order valence-electron chi connectivity index (χ3n) is 1.72. The SMILES string of the molecule is Oc1ccc2c(c1)OCC=C2Cl. The zero-order chi connectivity index (χ0) is 8.55. The van der Waals surface area contributed by atoms with E-state index >= 15 is 0 Å². The lowest BCUT2D eigenvalue weighted by Crippen LogP contribution is -2.01. The fraction of sp³-hybridized carbons (Fsp3) is 0.111. The molecule has 0 saturated carbocycles. The summed E-state index contributed by atoms with van der Waals surface area (Å²) in [6, 6.07) is 4.89. The van der Waals surface area contributed by atoms with Crippen molar-refractivity contribution >= 4 is 16.6 Å². The van der Waals surface area contributed by atoms with E-state index in [-0.39, 0.29) is 5.75 Å². The predicted octanol–water partition coefficient (Wildman–Crippen LogP) is 2.36. The van der Waals surface area contributed by atoms with Gasteiger partial charge in [-0.2, -0.15) is 0 Å². The van der Waals surface area contributed by atoms with Gasteiger partial charge in [0, 0.05) is 11.6 Å². The molecule has 0 atom stereocenters. The summed E-state index contributed by atoms with van der Waals surface area (Å²) < 4.78 is 5.25. The first kappa shape index (κ1) is 7.50. The third-order valence-corrected chi connectivity index (χ3v) is 2.08. The van der Waals surface area contributed by atoms with Gasteiger partial charge in [0.05, 0.1) is 5.03 Å². The lowest BCUT2D eigenvalue weighted by Gasteiger charge is -2.14. The summed E-state index contributed by atoms with van der Waals surface area (Å²) in [6.45, 7) is 0.468. The Hall–Kier alpha value is -1.15. The van der Waals surface area contributed by atoms with E-state index in [0.29, 0.717) is 17.4 Å². The number of halogens is 1. The molecular weight excluding hydrogens is 176 g/mol. The van der Waals surface area contributed by atoms with Crippen LogP contribution in [0.2, 0.25) is 0 Å². The molecule has 62 valence electrons. The van der Waals surface area contributed by atoms with Crippen LogP contribution >= 0.6 is 11.6 Å². The minimum atomic E-state index is 0.195. The summed E-state index contributed by atoms with van der Waals surface area (Å²) >= 11 is 5.90. The average Bonchev–Trinajstić information content (AvgIpc) is 2.04. The van der Waals surface area contributed by atoms with Gasteiger partial charge in [-0.25, -0.2) is 0 Å². The molecule has 12 heavy (non-hydrogen) atoms. The maximum absolute atomic E-state index is 9.13. The van der Waals surface area contributed by atoms with Crippen LogP contribution in [0.4, 0.5) is 0 Å². The van der Waals surface area contributed by atoms with Crippen molar-refractivity contribution in [2.24, 2.45) is 0 Å². The van der Waals surface area contributed by atoms with Gasteiger partial charge in [-0.15, -0.1) is 0 Å². The lowest BCUT2D eigenvalue weighted by molar-refractivity contribution is 0.355. The predicted molar refractivity (Wildman–Crippen MR) is 47.4 cm³/mol. The molecule has 1 aliphatic heterocycles. The molecule has 1 N–H and O–H groups in total. The molecule has 0 saturated heterocycles. The summed E-state index contributed by atoms with van der Waals surface area (Å²) in [4.78, 5) is 0. The van der Waals surface area contributed by atoms with Gasteiger partial charge in [0.1, 0.15) is 18.1 Å². The normalized spacial score (nSPS) is 14.6. The topological polar surface area (TPSA) is 29.5 Å². The second-order valence-electron chi connectivity index (χ2n) is 2.54. The number of ether oxygens (including phenoxy) is 1. The summed E-state index contributed by atoms with van der Waals surface area (Å²) in [7, 11) is 0. The molecule has 1 aromatic rings. The van der Waals surface area contributed by atoms with Crippen LogP contribution in [0.1, 0.15) is 5.56 Å². The molecule has 1 heterocycles. The first-order valence-corrected chi connectivity index (χ1v) is 3.97. The van der Waals surface area contributed by atoms with Crippen molar-refractivity contribution in [3.05, 3.63) is 29.8 Å². The third kappa shape index (κ3) is 1.14. The lowest BCUT2D eigenvalue weighted by atomic mass is 10.1. The summed E-state index contributed by atoms with van der Waals surface area (Å²) in [5, 5.41) is 9.81. The van der Waals surface area contributed by atoms with Crippen LogP contribution < -0.4 is 4.74 Å². The maximum Gasteiger partial charge on any atom is 0.132 e. The van der Waals surface area contributed by atoms with Crippen molar-refractivity contribution < 1.29 is 9.84 Å². The summed E-state index contributed by atoms with van der Waals surface area (Å²) in [5.74, 6) is 0.836. The van der Waals surface area contributed by atoms with Crippen molar-refractivity contribution in [3.8, 4) is 11.5 Å². The molecular formula is C9H7ClO2. The van der Waals surface area contributed by atoms with Crippen LogP contribution in [-0.4, -0.2) is 11.7 Å². The van der Waals surface area contributed by atoms with E-state index < -0.39 is 0 Å². The van der Waals surface area contributed by atoms with Crippen LogP contribution in [-0.2, 0) is 0 Å². The van der Waals surface area contributed by atoms with Crippen molar-refractivity contribution in [2.75, 3.05) is 6.61 Å². The van der Waals surface area contributed by atoms with Crippen molar-refractivity contribution in [3.63, 3.8) is 0 Å². The number of benzene rings is 1. The Morgan fingerprint density at radius 3 is 3.08 bits per heavy atom. The van der Waals surface area contributed by atoms with Gasteiger partial charge in [0.2, 0.25) is 0 Å². The maximum atomic E-state index is 9.13. The number of hydrogen-bond acceptors (Lipinski definition) is 2. The number of fused-ring (bicyclic) bond motifs is 1. The van der Waals surface area contributed by atoms with Gasteiger partial charge in [0.15, 0.2) is 0 Å². The zero-order valence-corrected chi connectivity index (χ0v) is 7.01. The Balaban J connectivity index is 2.56. The fourth-order valence-corrected chi connectivity index (χ4v) is 1.36. The monoisotopic (exact) mass is 182 g/mol. The number of hydrogen-bond donors (Lipinski definition) is 1. The van der Waals surface area contributed by atoms with E-state index in [1.165, 1.54) is 0 Å². The minimum Gasteiger partial charge on any atom is -0.508 e. The molecule has 0 aliphatic carbocycles. The van der Waals surface area contributed by atoms with Gasteiger partial charge in [-0.05, 0) is 18.2 Å². The quantitative estimate of drug-likeness (QED) is 0.668. The Labute approximate surface area is 75.0 Å². The number of rotatable bonds is 0. The molecule has 1 aromatic carbocycles. The van der Waals surface area contributed by atoms with Gasteiger partial charge < -0.3 is 9.84 Å². The Bertz CT molecular complexity index is 344. The van der Waals surface area contributed by atoms with Gasteiger partial charge in [-0.3, -0.25) is 0 Å². The fourth-order valence-electron chi connectivity index (χ4n) is 1.14. The second-order valence-corrected chi connectivity index (χ2v) is 2.95. The van der Waals surface area contributed by atoms with Crippen LogP contribution in [0.3, 0.4) is 0 Å². The highest BCUT2D eigenvalue weighted by atomic mass is 35.5. The molecule has 0 spiro atoms. The number of aromatic hydroxyl groups is 1. The highest BCUT2D eigenvalue weighted by Crippen LogP contribution is 2.34. The van der Waals surface area contributed by atoms with Gasteiger partial charge >= 0.3 is 0 Å². The molecule has 2 rings (SSSR count). The molecule has 3 heteroatoms. The van der Waals surface area contributed by atoms with Gasteiger partial charge in [0.25, 0.3) is 0 Å². The van der Waals surface area contributed by atoms with Crippen molar-refractivity contribution in [1.82, 2.24) is 0 Å². The number of phenols is 1. The molecule has 0 amide bonds. The summed E-state index contributed by atoms with van der Waals surface area (Å²) in [6.07, 6.45) is 1.79. The Morgan fingerprint density at radius 2 is 2.25 bits per heavy atom. The van der Waals surface area contributed by atoms with E-state index in [4.69, 9.17) is 21.4 Å². The smallest absolute Gasteiger partial charge is 0.132 e. The van der Waals surface area contributed by atoms with Crippen LogP contribution in [0, 0.1) is 0 Å². The first-order chi connectivity index (χ1) is 5.77. The Morgan fingerprint density at radius 1 is 1.42 bits per heavy atom. The van der Waals surface area contributed by atoms with E-state index in [1.54, 1.807) is 24.3 Å². The van der Waals surface area contributed by atoms with Crippen LogP contribution in [0.15, 0.2) is 24.3 Å². The highest BCUT2D eigenvalue weighted by molar-refractivity contribution is 6.49. The van der Waals surface area contributed by atoms with Crippen LogP contribution in [0.25, 0.3) is 5.03 Å². The zero-order valence-electron chi connectivity index (χ0n) is 6.25. The van der Waals surface area contributed by atoms with Crippen molar-refractivity contribution in [1.29, 1.82) is 0 Å². The molecule has 0 radical (unpaired) electrons. The number of phenolic OH excluding ortho intramolecular Hbond substituents is 1. The molecule has 0 unspecified atom stereocenters. The molecule has 1 aliphatic rings. The van der Waals surface area contributed by atoms with E-state index in [9.17, 15) is 0 Å². The highest BCUT2D eigenvalue weighted by Gasteiger charge is 2.11. The van der Waals surface area contributed by atoms with E-state index in [0.717, 1.165) is 5.56 Å². The minimum absolute atomic E-state index is 0.195. The van der Waals surface area contributed by atoms with Gasteiger partial charge in [-0.1, -0.05) is 11.6 Å². The standard InChI is InChI=1S/C9H7ClO2/c10-8-3-4-12-9-5-6(11)1-2-7(8)9/h1-3,5,11H,4H2. The van der Waals surface area contributed by atoms with E-state index in [1.807, 2.05) is 0 Å².